The van der Waals surface area contributed by atoms with Crippen LogP contribution in [0.15, 0.2) is 48.7 Å². The molecule has 1 fully saturated rings. The predicted octanol–water partition coefficient (Wildman–Crippen LogP) is 5.05. The predicted molar refractivity (Wildman–Crippen MR) is 111 cm³/mol. The zero-order valence-electron chi connectivity index (χ0n) is 16.9. The van der Waals surface area contributed by atoms with Crippen LogP contribution >= 0.6 is 0 Å². The van der Waals surface area contributed by atoms with E-state index in [9.17, 15) is 14.3 Å². The van der Waals surface area contributed by atoms with Gasteiger partial charge >= 0.3 is 5.97 Å². The van der Waals surface area contributed by atoms with Gasteiger partial charge in [-0.2, -0.15) is 0 Å². The van der Waals surface area contributed by atoms with Gasteiger partial charge in [-0.15, -0.1) is 0 Å². The van der Waals surface area contributed by atoms with Gasteiger partial charge in [-0.25, -0.2) is 9.37 Å². The molecule has 0 saturated heterocycles. The highest BCUT2D eigenvalue weighted by Crippen LogP contribution is 2.61. The molecule has 2 aromatic carbocycles. The quantitative estimate of drug-likeness (QED) is 0.647. The van der Waals surface area contributed by atoms with Gasteiger partial charge in [-0.3, -0.25) is 4.79 Å². The van der Waals surface area contributed by atoms with Crippen molar-refractivity contribution >= 4 is 5.97 Å². The molecule has 1 saturated carbocycles. The Morgan fingerprint density at radius 2 is 1.97 bits per heavy atom. The Kier molecular flexibility index (Phi) is 4.35. The fourth-order valence-corrected chi connectivity index (χ4v) is 4.95. The summed E-state index contributed by atoms with van der Waals surface area (Å²) < 4.78 is 20.2. The van der Waals surface area contributed by atoms with Crippen LogP contribution in [0, 0.1) is 31.5 Å². The molecule has 0 amide bonds. The normalized spacial score (nSPS) is 21.1. The standard InChI is InChI=1S/C25H22FNO3/c1-13-4-3-5-14(2)22(13)15-6-7-20(26)17(8-15)12-30-21-10-16-9-18-23(19(16)11-27-21)24(18)25(28)29/h3-8,10-11,18,23-24H,9,12H2,1-2H3,(H,28,29)/t18-,23-,24+/m1/s1. The number of aliphatic carboxylic acids is 1. The van der Waals surface area contributed by atoms with Crippen LogP contribution in [0.1, 0.15) is 33.7 Å². The Morgan fingerprint density at radius 3 is 2.70 bits per heavy atom. The van der Waals surface area contributed by atoms with Crippen molar-refractivity contribution in [3.63, 3.8) is 0 Å². The van der Waals surface area contributed by atoms with Crippen LogP contribution in [0.4, 0.5) is 4.39 Å². The SMILES string of the molecule is Cc1cccc(C)c1-c1ccc(F)c(COc2cc3c(cn2)[C@H]2[C@@H](C3)[C@@H]2C(=O)O)c1. The number of fused-ring (bicyclic) bond motifs is 3. The van der Waals surface area contributed by atoms with E-state index >= 15 is 0 Å². The highest BCUT2D eigenvalue weighted by Gasteiger charge is 2.59. The van der Waals surface area contributed by atoms with Gasteiger partial charge < -0.3 is 9.84 Å². The first kappa shape index (κ1) is 18.8. The van der Waals surface area contributed by atoms with Gasteiger partial charge in [0.05, 0.1) is 5.92 Å². The molecule has 2 aliphatic carbocycles. The average molecular weight is 403 g/mol. The minimum absolute atomic E-state index is 0.0843. The number of aromatic nitrogens is 1. The molecule has 2 aliphatic rings. The molecule has 0 radical (unpaired) electrons. The number of pyridine rings is 1. The van der Waals surface area contributed by atoms with Gasteiger partial charge in [-0.1, -0.05) is 24.3 Å². The lowest BCUT2D eigenvalue weighted by atomic mass is 9.94. The lowest BCUT2D eigenvalue weighted by Gasteiger charge is -2.13. The number of carboxylic acid groups (broad SMARTS) is 1. The highest BCUT2D eigenvalue weighted by molar-refractivity contribution is 5.77. The molecule has 4 nitrogen and oxygen atoms in total. The Hall–Kier alpha value is -3.21. The number of aryl methyl sites for hydroxylation is 2. The van der Waals surface area contributed by atoms with Crippen molar-refractivity contribution in [1.29, 1.82) is 0 Å². The van der Waals surface area contributed by atoms with Crippen molar-refractivity contribution in [2.75, 3.05) is 0 Å². The molecule has 30 heavy (non-hydrogen) atoms. The first-order valence-corrected chi connectivity index (χ1v) is 10.1. The molecular weight excluding hydrogens is 381 g/mol. The van der Waals surface area contributed by atoms with Gasteiger partial charge in [0.15, 0.2) is 0 Å². The molecule has 3 aromatic rings. The fourth-order valence-electron chi connectivity index (χ4n) is 4.95. The Bertz CT molecular complexity index is 1150. The Labute approximate surface area is 174 Å². The van der Waals surface area contributed by atoms with Crippen molar-refractivity contribution in [2.45, 2.75) is 32.8 Å². The van der Waals surface area contributed by atoms with Crippen molar-refractivity contribution in [3.05, 3.63) is 82.3 Å². The second kappa shape index (κ2) is 6.94. The maximum Gasteiger partial charge on any atom is 0.307 e. The average Bonchev–Trinajstić information content (AvgIpc) is 3.31. The molecule has 5 heteroatoms. The van der Waals surface area contributed by atoms with Crippen molar-refractivity contribution in [2.24, 2.45) is 11.8 Å². The van der Waals surface area contributed by atoms with Crippen LogP contribution in [-0.2, 0) is 17.8 Å². The van der Waals surface area contributed by atoms with E-state index in [0.29, 0.717) is 11.4 Å². The fraction of sp³-hybridized carbons (Fsp3) is 0.280. The summed E-state index contributed by atoms with van der Waals surface area (Å²) in [6, 6.07) is 13.1. The zero-order valence-corrected chi connectivity index (χ0v) is 16.9. The summed E-state index contributed by atoms with van der Waals surface area (Å²) in [6.07, 6.45) is 2.47. The maximum absolute atomic E-state index is 14.4. The van der Waals surface area contributed by atoms with Crippen LogP contribution in [0.2, 0.25) is 0 Å². The number of benzene rings is 2. The van der Waals surface area contributed by atoms with E-state index in [0.717, 1.165) is 39.8 Å². The minimum atomic E-state index is -0.727. The van der Waals surface area contributed by atoms with E-state index in [1.54, 1.807) is 12.3 Å². The van der Waals surface area contributed by atoms with E-state index in [2.05, 4.69) is 31.0 Å². The lowest BCUT2D eigenvalue weighted by Crippen LogP contribution is -2.06. The van der Waals surface area contributed by atoms with E-state index in [-0.39, 0.29) is 30.2 Å². The number of carboxylic acids is 1. The molecule has 5 rings (SSSR count). The Balaban J connectivity index is 1.35. The molecule has 0 unspecified atom stereocenters. The molecule has 0 aliphatic heterocycles. The summed E-state index contributed by atoms with van der Waals surface area (Å²) in [5, 5.41) is 9.23. The van der Waals surface area contributed by atoms with Crippen molar-refractivity contribution in [1.82, 2.24) is 4.98 Å². The number of hydrogen-bond acceptors (Lipinski definition) is 3. The van der Waals surface area contributed by atoms with Crippen LogP contribution in [-0.4, -0.2) is 16.1 Å². The molecule has 0 spiro atoms. The van der Waals surface area contributed by atoms with Crippen LogP contribution in [0.25, 0.3) is 11.1 Å². The smallest absolute Gasteiger partial charge is 0.307 e. The van der Waals surface area contributed by atoms with Gasteiger partial charge in [0.25, 0.3) is 0 Å². The second-order valence-electron chi connectivity index (χ2n) is 8.34. The number of halogens is 1. The summed E-state index contributed by atoms with van der Waals surface area (Å²) in [4.78, 5) is 15.6. The molecule has 152 valence electrons. The van der Waals surface area contributed by atoms with Crippen molar-refractivity contribution in [3.8, 4) is 17.0 Å². The van der Waals surface area contributed by atoms with E-state index in [4.69, 9.17) is 4.74 Å². The van der Waals surface area contributed by atoms with Crippen LogP contribution in [0.5, 0.6) is 5.88 Å². The zero-order chi connectivity index (χ0) is 21.0. The second-order valence-corrected chi connectivity index (χ2v) is 8.34. The summed E-state index contributed by atoms with van der Waals surface area (Å²) in [7, 11) is 0. The number of ether oxygens (including phenoxy) is 1. The van der Waals surface area contributed by atoms with Gasteiger partial charge in [-0.05, 0) is 71.7 Å². The number of rotatable bonds is 5. The van der Waals surface area contributed by atoms with Crippen LogP contribution in [0.3, 0.4) is 0 Å². The largest absolute Gasteiger partial charge is 0.481 e. The molecule has 1 N–H and O–H groups in total. The minimum Gasteiger partial charge on any atom is -0.481 e. The van der Waals surface area contributed by atoms with Crippen molar-refractivity contribution < 1.29 is 19.0 Å². The monoisotopic (exact) mass is 403 g/mol. The third-order valence-corrected chi connectivity index (χ3v) is 6.46. The highest BCUT2D eigenvalue weighted by atomic mass is 19.1. The lowest BCUT2D eigenvalue weighted by molar-refractivity contribution is -0.139. The summed E-state index contributed by atoms with van der Waals surface area (Å²) in [5.74, 6) is -0.593. The summed E-state index contributed by atoms with van der Waals surface area (Å²) in [5.41, 5.74) is 6.96. The first-order valence-electron chi connectivity index (χ1n) is 10.1. The van der Waals surface area contributed by atoms with E-state index < -0.39 is 5.97 Å². The number of carbonyl (C=O) groups is 1. The van der Waals surface area contributed by atoms with Gasteiger partial charge in [0, 0.05) is 23.7 Å². The molecule has 1 heterocycles. The van der Waals surface area contributed by atoms with Crippen LogP contribution < -0.4 is 4.74 Å². The molecular formula is C25H22FNO3. The Morgan fingerprint density at radius 1 is 1.20 bits per heavy atom. The summed E-state index contributed by atoms with van der Waals surface area (Å²) in [6.45, 7) is 4.19. The molecule has 3 atom stereocenters. The third kappa shape index (κ3) is 3.05. The molecule has 0 bridgehead atoms. The van der Waals surface area contributed by atoms with E-state index in [1.807, 2.05) is 18.2 Å². The number of nitrogens with zero attached hydrogens (tertiary/aromatic N) is 1. The van der Waals surface area contributed by atoms with Gasteiger partial charge in [0.1, 0.15) is 12.4 Å². The summed E-state index contributed by atoms with van der Waals surface area (Å²) >= 11 is 0. The third-order valence-electron chi connectivity index (χ3n) is 6.46. The number of hydrogen-bond donors (Lipinski definition) is 1. The van der Waals surface area contributed by atoms with Gasteiger partial charge in [0.2, 0.25) is 5.88 Å². The topological polar surface area (TPSA) is 59.4 Å². The first-order chi connectivity index (χ1) is 14.4. The maximum atomic E-state index is 14.4. The van der Waals surface area contributed by atoms with E-state index in [1.165, 1.54) is 6.07 Å². The molecule has 1 aromatic heterocycles.